The molecule has 0 radical (unpaired) electrons. The first kappa shape index (κ1) is 10.6. The molecule has 1 aromatic rings. The second kappa shape index (κ2) is 3.94. The summed E-state index contributed by atoms with van der Waals surface area (Å²) in [6.45, 7) is 2.25. The summed E-state index contributed by atoms with van der Waals surface area (Å²) in [4.78, 5) is 1.20. The zero-order valence-corrected chi connectivity index (χ0v) is 9.95. The van der Waals surface area contributed by atoms with Gasteiger partial charge in [-0.3, -0.25) is 4.72 Å². The number of nitrogen functional groups attached to an aromatic ring is 1. The summed E-state index contributed by atoms with van der Waals surface area (Å²) in [6.07, 6.45) is 2.54. The molecule has 0 aromatic heterocycles. The van der Waals surface area contributed by atoms with Crippen LogP contribution in [0.4, 0.5) is 11.4 Å². The van der Waals surface area contributed by atoms with Crippen LogP contribution in [0, 0.1) is 0 Å². The van der Waals surface area contributed by atoms with E-state index in [9.17, 15) is 0 Å². The van der Waals surface area contributed by atoms with Gasteiger partial charge in [0.1, 0.15) is 0 Å². The van der Waals surface area contributed by atoms with Gasteiger partial charge in [-0.1, -0.05) is 0 Å². The molecule has 0 amide bonds. The maximum atomic E-state index is 5.80. The Morgan fingerprint density at radius 3 is 2.73 bits per heavy atom. The molecule has 0 spiro atoms. The van der Waals surface area contributed by atoms with Crippen LogP contribution in [0.15, 0.2) is 23.1 Å². The third-order valence-corrected chi connectivity index (χ3v) is 3.79. The van der Waals surface area contributed by atoms with E-state index in [4.69, 9.17) is 5.73 Å². The highest BCUT2D eigenvalue weighted by atomic mass is 32.2. The van der Waals surface area contributed by atoms with Crippen molar-refractivity contribution in [1.29, 1.82) is 0 Å². The van der Waals surface area contributed by atoms with E-state index >= 15 is 0 Å². The molecule has 3 nitrogen and oxygen atoms in total. The van der Waals surface area contributed by atoms with Crippen LogP contribution in [-0.2, 0) is 0 Å². The Balaban J connectivity index is 2.01. The first-order chi connectivity index (χ1) is 7.13. The Morgan fingerprint density at radius 2 is 2.13 bits per heavy atom. The van der Waals surface area contributed by atoms with Gasteiger partial charge in [0, 0.05) is 17.5 Å². The summed E-state index contributed by atoms with van der Waals surface area (Å²) in [5, 5.41) is 3.08. The first-order valence-corrected chi connectivity index (χ1v) is 5.96. The van der Waals surface area contributed by atoms with Gasteiger partial charge in [0.2, 0.25) is 0 Å². The average molecular weight is 223 g/mol. The maximum Gasteiger partial charge on any atom is 0.0583 e. The largest absolute Gasteiger partial charge is 0.397 e. The second-order valence-electron chi connectivity index (χ2n) is 4.26. The van der Waals surface area contributed by atoms with Crippen LogP contribution in [0.25, 0.3) is 0 Å². The number of anilines is 2. The molecule has 0 bridgehead atoms. The monoisotopic (exact) mass is 223 g/mol. The number of hydrogen-bond acceptors (Lipinski definition) is 4. The van der Waals surface area contributed by atoms with Crippen LogP contribution in [0.1, 0.15) is 19.8 Å². The van der Waals surface area contributed by atoms with Crippen LogP contribution in [0.5, 0.6) is 0 Å². The maximum absolute atomic E-state index is 5.80. The van der Waals surface area contributed by atoms with E-state index in [1.54, 1.807) is 11.9 Å². The highest BCUT2D eigenvalue weighted by Crippen LogP contribution is 2.38. The lowest BCUT2D eigenvalue weighted by molar-refractivity contribution is 0.701. The normalized spacial score (nSPS) is 17.5. The van der Waals surface area contributed by atoms with Crippen molar-refractivity contribution < 1.29 is 0 Å². The molecule has 4 heteroatoms. The van der Waals surface area contributed by atoms with Crippen LogP contribution in [0.2, 0.25) is 0 Å². The van der Waals surface area contributed by atoms with Crippen molar-refractivity contribution in [3.8, 4) is 0 Å². The van der Waals surface area contributed by atoms with Gasteiger partial charge in [-0.25, -0.2) is 0 Å². The van der Waals surface area contributed by atoms with Crippen LogP contribution in [-0.4, -0.2) is 12.6 Å². The van der Waals surface area contributed by atoms with E-state index < -0.39 is 0 Å². The van der Waals surface area contributed by atoms with Gasteiger partial charge in [-0.05, 0) is 49.9 Å². The number of rotatable bonds is 4. The third kappa shape index (κ3) is 2.58. The molecule has 0 heterocycles. The van der Waals surface area contributed by atoms with E-state index in [-0.39, 0.29) is 0 Å². The van der Waals surface area contributed by atoms with Crippen molar-refractivity contribution in [2.24, 2.45) is 0 Å². The molecule has 4 N–H and O–H groups in total. The molecular formula is C11H17N3S. The molecule has 0 atom stereocenters. The standard InChI is InChI=1S/C11H17N3S/c1-11(5-6-11)14-15-8-3-4-9(12)10(7-8)13-2/h3-4,7,13-14H,5-6,12H2,1-2H3. The molecule has 2 rings (SSSR count). The fraction of sp³-hybridized carbons (Fsp3) is 0.455. The molecule has 0 aliphatic heterocycles. The first-order valence-electron chi connectivity index (χ1n) is 5.14. The molecule has 1 fully saturated rings. The molecule has 1 aliphatic rings. The summed E-state index contributed by atoms with van der Waals surface area (Å²) in [6, 6.07) is 6.05. The van der Waals surface area contributed by atoms with Gasteiger partial charge >= 0.3 is 0 Å². The minimum atomic E-state index is 0.353. The van der Waals surface area contributed by atoms with Crippen LogP contribution < -0.4 is 15.8 Å². The van der Waals surface area contributed by atoms with Crippen molar-refractivity contribution in [2.45, 2.75) is 30.2 Å². The van der Waals surface area contributed by atoms with Crippen molar-refractivity contribution >= 4 is 23.3 Å². The molecule has 82 valence electrons. The average Bonchev–Trinajstić information content (AvgIpc) is 2.96. The Labute approximate surface area is 94.9 Å². The smallest absolute Gasteiger partial charge is 0.0583 e. The predicted molar refractivity (Wildman–Crippen MR) is 67.0 cm³/mol. The minimum absolute atomic E-state index is 0.353. The van der Waals surface area contributed by atoms with Crippen LogP contribution >= 0.6 is 11.9 Å². The fourth-order valence-electron chi connectivity index (χ4n) is 1.29. The van der Waals surface area contributed by atoms with Crippen molar-refractivity contribution in [3.05, 3.63) is 18.2 Å². The van der Waals surface area contributed by atoms with Crippen molar-refractivity contribution in [1.82, 2.24) is 4.72 Å². The molecule has 1 aliphatic carbocycles. The summed E-state index contributed by atoms with van der Waals surface area (Å²) in [7, 11) is 1.88. The van der Waals surface area contributed by atoms with Gasteiger partial charge in [0.25, 0.3) is 0 Å². The van der Waals surface area contributed by atoms with Gasteiger partial charge in [0.05, 0.1) is 11.4 Å². The predicted octanol–water partition coefficient (Wildman–Crippen LogP) is 2.46. The Kier molecular flexibility index (Phi) is 2.80. The fourth-order valence-corrected chi connectivity index (χ4v) is 2.17. The minimum Gasteiger partial charge on any atom is -0.397 e. The van der Waals surface area contributed by atoms with Crippen molar-refractivity contribution in [3.63, 3.8) is 0 Å². The van der Waals surface area contributed by atoms with E-state index in [2.05, 4.69) is 23.0 Å². The summed E-state index contributed by atoms with van der Waals surface area (Å²) in [5.74, 6) is 0. The molecule has 0 saturated heterocycles. The number of benzene rings is 1. The molecular weight excluding hydrogens is 206 g/mol. The zero-order chi connectivity index (χ0) is 10.9. The summed E-state index contributed by atoms with van der Waals surface area (Å²) >= 11 is 1.68. The van der Waals surface area contributed by atoms with Gasteiger partial charge < -0.3 is 11.1 Å². The lowest BCUT2D eigenvalue weighted by Crippen LogP contribution is -2.19. The molecule has 1 saturated carbocycles. The molecule has 1 aromatic carbocycles. The lowest BCUT2D eigenvalue weighted by Gasteiger charge is -2.12. The Bertz CT molecular complexity index is 361. The van der Waals surface area contributed by atoms with E-state index in [0.29, 0.717) is 5.54 Å². The SMILES string of the molecule is CNc1cc(SNC2(C)CC2)ccc1N. The molecule has 15 heavy (non-hydrogen) atoms. The Hall–Kier alpha value is -0.870. The van der Waals surface area contributed by atoms with Gasteiger partial charge in [-0.2, -0.15) is 0 Å². The highest BCUT2D eigenvalue weighted by Gasteiger charge is 2.36. The van der Waals surface area contributed by atoms with E-state index in [0.717, 1.165) is 11.4 Å². The highest BCUT2D eigenvalue weighted by molar-refractivity contribution is 7.97. The Morgan fingerprint density at radius 1 is 1.40 bits per heavy atom. The van der Waals surface area contributed by atoms with Crippen molar-refractivity contribution in [2.75, 3.05) is 18.1 Å². The number of hydrogen-bond donors (Lipinski definition) is 3. The summed E-state index contributed by atoms with van der Waals surface area (Å²) in [5.41, 5.74) is 7.93. The van der Waals surface area contributed by atoms with E-state index in [1.807, 2.05) is 19.2 Å². The second-order valence-corrected chi connectivity index (χ2v) is 5.14. The topological polar surface area (TPSA) is 50.1 Å². The van der Waals surface area contributed by atoms with Gasteiger partial charge in [-0.15, -0.1) is 0 Å². The third-order valence-electron chi connectivity index (χ3n) is 2.71. The van der Waals surface area contributed by atoms with Crippen LogP contribution in [0.3, 0.4) is 0 Å². The number of nitrogens with one attached hydrogen (secondary N) is 2. The lowest BCUT2D eigenvalue weighted by atomic mass is 10.3. The number of nitrogens with two attached hydrogens (primary N) is 1. The quantitative estimate of drug-likeness (QED) is 0.542. The van der Waals surface area contributed by atoms with Gasteiger partial charge in [0.15, 0.2) is 0 Å². The molecule has 0 unspecified atom stereocenters. The summed E-state index contributed by atoms with van der Waals surface area (Å²) < 4.78 is 3.47. The zero-order valence-electron chi connectivity index (χ0n) is 9.13. The van der Waals surface area contributed by atoms with E-state index in [1.165, 1.54) is 17.7 Å².